The van der Waals surface area contributed by atoms with Gasteiger partial charge in [0.15, 0.2) is 0 Å². The minimum Gasteiger partial charge on any atom is -0.465 e. The van der Waals surface area contributed by atoms with E-state index in [4.69, 9.17) is 4.74 Å². The van der Waals surface area contributed by atoms with Gasteiger partial charge in [0.1, 0.15) is 0 Å². The van der Waals surface area contributed by atoms with Crippen LogP contribution in [0, 0.1) is 5.92 Å². The number of carbonyl (C=O) groups is 1. The van der Waals surface area contributed by atoms with Crippen LogP contribution in [-0.4, -0.2) is 12.6 Å². The molecule has 2 heteroatoms. The van der Waals surface area contributed by atoms with E-state index in [1.807, 2.05) is 55.5 Å². The van der Waals surface area contributed by atoms with Crippen LogP contribution in [0.2, 0.25) is 0 Å². The summed E-state index contributed by atoms with van der Waals surface area (Å²) < 4.78 is 4.98. The van der Waals surface area contributed by atoms with Gasteiger partial charge in [0, 0.05) is 0 Å². The summed E-state index contributed by atoms with van der Waals surface area (Å²) in [6.45, 7) is 2.25. The van der Waals surface area contributed by atoms with Gasteiger partial charge in [-0.2, -0.15) is 0 Å². The number of hydrogen-bond donors (Lipinski definition) is 0. The van der Waals surface area contributed by atoms with Crippen molar-refractivity contribution in [2.75, 3.05) is 6.61 Å². The molecule has 1 aliphatic carbocycles. The molecular formula is C14H14O2. The first-order valence-corrected chi connectivity index (χ1v) is 5.43. The number of carbonyl (C=O) groups excluding carboxylic acids is 1. The first-order chi connectivity index (χ1) is 7.81. The van der Waals surface area contributed by atoms with Gasteiger partial charge in [0.25, 0.3) is 0 Å². The van der Waals surface area contributed by atoms with E-state index in [9.17, 15) is 4.79 Å². The lowest BCUT2D eigenvalue weighted by molar-refractivity contribution is -0.144. The maximum Gasteiger partial charge on any atom is 0.316 e. The highest BCUT2D eigenvalue weighted by molar-refractivity contribution is 5.86. The second kappa shape index (κ2) is 4.79. The zero-order valence-electron chi connectivity index (χ0n) is 9.22. The van der Waals surface area contributed by atoms with Crippen molar-refractivity contribution in [3.63, 3.8) is 0 Å². The molecule has 16 heavy (non-hydrogen) atoms. The van der Waals surface area contributed by atoms with E-state index in [0.717, 1.165) is 11.1 Å². The quantitative estimate of drug-likeness (QED) is 0.723. The molecule has 1 aromatic rings. The van der Waals surface area contributed by atoms with E-state index in [2.05, 4.69) is 0 Å². The topological polar surface area (TPSA) is 26.3 Å². The highest BCUT2D eigenvalue weighted by Gasteiger charge is 2.18. The fourth-order valence-corrected chi connectivity index (χ4v) is 1.72. The lowest BCUT2D eigenvalue weighted by Gasteiger charge is -2.04. The van der Waals surface area contributed by atoms with Crippen molar-refractivity contribution in [1.29, 1.82) is 0 Å². The van der Waals surface area contributed by atoms with Crippen molar-refractivity contribution in [3.05, 3.63) is 54.1 Å². The van der Waals surface area contributed by atoms with Crippen LogP contribution >= 0.6 is 0 Å². The number of benzene rings is 1. The molecule has 0 aliphatic heterocycles. The van der Waals surface area contributed by atoms with Gasteiger partial charge >= 0.3 is 5.97 Å². The summed E-state index contributed by atoms with van der Waals surface area (Å²) in [6.07, 6.45) is 5.78. The molecule has 1 atom stereocenters. The molecule has 0 saturated heterocycles. The second-order valence-corrected chi connectivity index (χ2v) is 3.62. The average Bonchev–Trinajstić information content (AvgIpc) is 2.80. The third-order valence-corrected chi connectivity index (χ3v) is 2.51. The van der Waals surface area contributed by atoms with E-state index in [0.29, 0.717) is 6.61 Å². The molecule has 0 bridgehead atoms. The zero-order chi connectivity index (χ0) is 11.4. The molecule has 1 aliphatic rings. The van der Waals surface area contributed by atoms with Crippen molar-refractivity contribution in [1.82, 2.24) is 0 Å². The highest BCUT2D eigenvalue weighted by atomic mass is 16.5. The Hall–Kier alpha value is -1.83. The lowest BCUT2D eigenvalue weighted by atomic mass is 10.1. The van der Waals surface area contributed by atoms with E-state index in [1.165, 1.54) is 0 Å². The highest BCUT2D eigenvalue weighted by Crippen LogP contribution is 2.25. The van der Waals surface area contributed by atoms with Gasteiger partial charge < -0.3 is 4.74 Å². The van der Waals surface area contributed by atoms with Crippen LogP contribution in [-0.2, 0) is 9.53 Å². The molecular weight excluding hydrogens is 200 g/mol. The Morgan fingerprint density at radius 2 is 2.06 bits per heavy atom. The Labute approximate surface area is 95.2 Å². The van der Waals surface area contributed by atoms with E-state index in [1.54, 1.807) is 0 Å². The molecule has 0 N–H and O–H groups in total. The van der Waals surface area contributed by atoms with E-state index >= 15 is 0 Å². The lowest BCUT2D eigenvalue weighted by Crippen LogP contribution is -2.12. The minimum absolute atomic E-state index is 0.176. The van der Waals surface area contributed by atoms with E-state index < -0.39 is 0 Å². The molecule has 0 saturated carbocycles. The fraction of sp³-hybridized carbons (Fsp3) is 0.214. The smallest absolute Gasteiger partial charge is 0.316 e. The molecule has 0 spiro atoms. The molecule has 0 heterocycles. The number of esters is 1. The van der Waals surface area contributed by atoms with Crippen LogP contribution in [0.5, 0.6) is 0 Å². The van der Waals surface area contributed by atoms with Crippen molar-refractivity contribution in [2.24, 2.45) is 5.92 Å². The monoisotopic (exact) mass is 214 g/mol. The zero-order valence-corrected chi connectivity index (χ0v) is 9.22. The van der Waals surface area contributed by atoms with Crippen molar-refractivity contribution in [2.45, 2.75) is 6.92 Å². The normalized spacial score (nSPS) is 18.3. The van der Waals surface area contributed by atoms with Crippen LogP contribution < -0.4 is 0 Å². The molecule has 0 amide bonds. The second-order valence-electron chi connectivity index (χ2n) is 3.62. The minimum atomic E-state index is -0.227. The van der Waals surface area contributed by atoms with Gasteiger partial charge in [-0.25, -0.2) is 0 Å². The largest absolute Gasteiger partial charge is 0.465 e. The molecule has 0 aromatic heterocycles. The predicted molar refractivity (Wildman–Crippen MR) is 63.7 cm³/mol. The van der Waals surface area contributed by atoms with Crippen LogP contribution in [0.15, 0.2) is 48.6 Å². The van der Waals surface area contributed by atoms with Crippen molar-refractivity contribution in [3.8, 4) is 0 Å². The Kier molecular flexibility index (Phi) is 3.20. The van der Waals surface area contributed by atoms with Gasteiger partial charge in [-0.3, -0.25) is 4.79 Å². The Morgan fingerprint density at radius 1 is 1.31 bits per heavy atom. The first-order valence-electron chi connectivity index (χ1n) is 5.43. The van der Waals surface area contributed by atoms with Gasteiger partial charge in [0.05, 0.1) is 12.5 Å². The molecule has 2 rings (SSSR count). The van der Waals surface area contributed by atoms with Gasteiger partial charge in [0.2, 0.25) is 0 Å². The summed E-state index contributed by atoms with van der Waals surface area (Å²) in [6, 6.07) is 10.0. The summed E-state index contributed by atoms with van der Waals surface area (Å²) in [5.74, 6) is -0.403. The maximum atomic E-state index is 11.5. The van der Waals surface area contributed by atoms with Gasteiger partial charge in [-0.15, -0.1) is 0 Å². The number of hydrogen-bond acceptors (Lipinski definition) is 2. The predicted octanol–water partition coefficient (Wildman–Crippen LogP) is 2.82. The molecule has 0 radical (unpaired) electrons. The molecule has 0 fully saturated rings. The molecule has 1 aromatic carbocycles. The van der Waals surface area contributed by atoms with Crippen LogP contribution in [0.25, 0.3) is 5.57 Å². The number of rotatable bonds is 3. The first kappa shape index (κ1) is 10.7. The van der Waals surface area contributed by atoms with Gasteiger partial charge in [-0.05, 0) is 18.1 Å². The molecule has 2 nitrogen and oxygen atoms in total. The average molecular weight is 214 g/mol. The standard InChI is InChI=1S/C14H14O2/c1-2-16-14(15)13-9-8-12(10-13)11-6-4-3-5-7-11/h3-10,13H,2H2,1H3. The van der Waals surface area contributed by atoms with Crippen molar-refractivity contribution < 1.29 is 9.53 Å². The maximum absolute atomic E-state index is 11.5. The Bertz CT molecular complexity index is 429. The molecule has 82 valence electrons. The Balaban J connectivity index is 2.14. The fourth-order valence-electron chi connectivity index (χ4n) is 1.72. The molecule has 1 unspecified atom stereocenters. The summed E-state index contributed by atoms with van der Waals surface area (Å²) in [7, 11) is 0. The summed E-state index contributed by atoms with van der Waals surface area (Å²) >= 11 is 0. The van der Waals surface area contributed by atoms with Crippen LogP contribution in [0.3, 0.4) is 0 Å². The summed E-state index contributed by atoms with van der Waals surface area (Å²) in [4.78, 5) is 11.5. The van der Waals surface area contributed by atoms with Crippen molar-refractivity contribution >= 4 is 11.5 Å². The SMILES string of the molecule is CCOC(=O)C1C=CC(c2ccccc2)=C1. The summed E-state index contributed by atoms with van der Waals surface area (Å²) in [5, 5.41) is 0. The Morgan fingerprint density at radius 3 is 2.75 bits per heavy atom. The van der Waals surface area contributed by atoms with E-state index in [-0.39, 0.29) is 11.9 Å². The number of ether oxygens (including phenoxy) is 1. The van der Waals surface area contributed by atoms with Crippen LogP contribution in [0.4, 0.5) is 0 Å². The van der Waals surface area contributed by atoms with Gasteiger partial charge in [-0.1, -0.05) is 48.6 Å². The van der Waals surface area contributed by atoms with Crippen LogP contribution in [0.1, 0.15) is 12.5 Å². The number of allylic oxidation sites excluding steroid dienone is 2. The third kappa shape index (κ3) is 2.22. The summed E-state index contributed by atoms with van der Waals surface area (Å²) in [5.41, 5.74) is 2.21. The third-order valence-electron chi connectivity index (χ3n) is 2.51.